The highest BCUT2D eigenvalue weighted by Crippen LogP contribution is 2.27. The average Bonchev–Trinajstić information content (AvgIpc) is 2.90. The molecule has 1 heterocycles. The highest BCUT2D eigenvalue weighted by Gasteiger charge is 2.16. The number of halogens is 1. The zero-order valence-corrected chi connectivity index (χ0v) is 15.1. The zero-order chi connectivity index (χ0) is 17.0. The summed E-state index contributed by atoms with van der Waals surface area (Å²) in [6, 6.07) is 4.80. The first-order valence-corrected chi connectivity index (χ1v) is 7.76. The summed E-state index contributed by atoms with van der Waals surface area (Å²) in [4.78, 5) is 24.2. The second kappa shape index (κ2) is 7.44. The van der Waals surface area contributed by atoms with E-state index >= 15 is 0 Å². The van der Waals surface area contributed by atoms with Crippen molar-refractivity contribution in [3.8, 4) is 11.5 Å². The monoisotopic (exact) mass is 429 g/mol. The molecule has 0 saturated heterocycles. The van der Waals surface area contributed by atoms with Crippen molar-refractivity contribution in [1.29, 1.82) is 0 Å². The molecule has 0 aliphatic carbocycles. The minimum atomic E-state index is -0.370. The molecule has 2 aromatic rings. The predicted octanol–water partition coefficient (Wildman–Crippen LogP) is 1.65. The lowest BCUT2D eigenvalue weighted by atomic mass is 10.2. The molecule has 0 radical (unpaired) electrons. The van der Waals surface area contributed by atoms with Crippen molar-refractivity contribution >= 4 is 34.3 Å². The number of aromatic nitrogens is 2. The van der Waals surface area contributed by atoms with Crippen LogP contribution in [-0.2, 0) is 7.05 Å². The largest absolute Gasteiger partial charge is 0.493 e. The Morgan fingerprint density at radius 3 is 2.52 bits per heavy atom. The number of hydrogen-bond acceptors (Lipinski definition) is 5. The van der Waals surface area contributed by atoms with Gasteiger partial charge in [0.05, 0.1) is 24.3 Å². The summed E-state index contributed by atoms with van der Waals surface area (Å²) in [5.41, 5.74) is 0.729. The van der Waals surface area contributed by atoms with E-state index in [0.717, 1.165) is 3.57 Å². The highest BCUT2D eigenvalue weighted by atomic mass is 127. The number of benzene rings is 1. The van der Waals surface area contributed by atoms with Crippen LogP contribution in [0.4, 0.5) is 0 Å². The maximum absolute atomic E-state index is 12.2. The number of nitrogens with zero attached hydrogens (tertiary/aromatic N) is 2. The minimum absolute atomic E-state index is 0.125. The molecular weight excluding hydrogens is 413 g/mol. The number of amides is 1. The van der Waals surface area contributed by atoms with Crippen molar-refractivity contribution in [2.75, 3.05) is 20.8 Å². The maximum Gasteiger partial charge on any atom is 0.251 e. The predicted molar refractivity (Wildman–Crippen MR) is 92.1 cm³/mol. The van der Waals surface area contributed by atoms with E-state index in [1.165, 1.54) is 14.2 Å². The molecule has 0 spiro atoms. The molecule has 23 heavy (non-hydrogen) atoms. The van der Waals surface area contributed by atoms with Crippen LogP contribution in [0.15, 0.2) is 24.4 Å². The second-order valence-corrected chi connectivity index (χ2v) is 5.84. The zero-order valence-electron chi connectivity index (χ0n) is 12.9. The Hall–Kier alpha value is -2.10. The van der Waals surface area contributed by atoms with E-state index in [4.69, 9.17) is 9.47 Å². The van der Waals surface area contributed by atoms with E-state index in [-0.39, 0.29) is 18.2 Å². The van der Waals surface area contributed by atoms with Crippen molar-refractivity contribution in [3.63, 3.8) is 0 Å². The molecule has 2 rings (SSSR count). The van der Waals surface area contributed by atoms with Gasteiger partial charge in [0.25, 0.3) is 5.91 Å². The fourth-order valence-corrected chi connectivity index (χ4v) is 2.78. The number of carbonyl (C=O) groups excluding carboxylic acids is 2. The fourth-order valence-electron chi connectivity index (χ4n) is 1.97. The van der Waals surface area contributed by atoms with Crippen LogP contribution in [0.3, 0.4) is 0 Å². The molecule has 1 aromatic carbocycles. The minimum Gasteiger partial charge on any atom is -0.493 e. The lowest BCUT2D eigenvalue weighted by Gasteiger charge is -2.09. The number of Topliss-reactive ketones (excluding diaryl/α,β-unsaturated/α-hetero) is 1. The number of rotatable bonds is 6. The molecule has 0 bridgehead atoms. The molecule has 122 valence electrons. The van der Waals surface area contributed by atoms with E-state index < -0.39 is 0 Å². The molecule has 0 fully saturated rings. The molecule has 1 amide bonds. The molecule has 0 aliphatic rings. The van der Waals surface area contributed by atoms with E-state index in [1.54, 1.807) is 36.1 Å². The third-order valence-electron chi connectivity index (χ3n) is 3.10. The molecule has 0 aliphatic heterocycles. The Kier molecular flexibility index (Phi) is 5.59. The summed E-state index contributed by atoms with van der Waals surface area (Å²) in [5, 5.41) is 6.67. The Balaban J connectivity index is 2.05. The van der Waals surface area contributed by atoms with Crippen LogP contribution in [0.25, 0.3) is 0 Å². The number of methoxy groups -OCH3 is 2. The van der Waals surface area contributed by atoms with Gasteiger partial charge >= 0.3 is 0 Å². The SMILES string of the molecule is COc1ccc(C(=O)NCC(=O)c2nn(C)cc2I)cc1OC. The Morgan fingerprint density at radius 1 is 1.26 bits per heavy atom. The van der Waals surface area contributed by atoms with Gasteiger partial charge in [-0.15, -0.1) is 0 Å². The summed E-state index contributed by atoms with van der Waals surface area (Å²) < 4.78 is 12.6. The van der Waals surface area contributed by atoms with Crippen molar-refractivity contribution in [3.05, 3.63) is 39.2 Å². The lowest BCUT2D eigenvalue weighted by Crippen LogP contribution is -2.30. The normalized spacial score (nSPS) is 10.3. The van der Waals surface area contributed by atoms with Gasteiger partial charge in [-0.1, -0.05) is 0 Å². The van der Waals surface area contributed by atoms with Gasteiger partial charge in [0, 0.05) is 18.8 Å². The smallest absolute Gasteiger partial charge is 0.251 e. The van der Waals surface area contributed by atoms with E-state index in [2.05, 4.69) is 10.4 Å². The number of ketones is 1. The number of hydrogen-bond donors (Lipinski definition) is 1. The van der Waals surface area contributed by atoms with Gasteiger partial charge in [-0.05, 0) is 40.8 Å². The molecule has 0 saturated carbocycles. The van der Waals surface area contributed by atoms with Gasteiger partial charge in [-0.3, -0.25) is 14.3 Å². The molecule has 7 nitrogen and oxygen atoms in total. The summed E-state index contributed by atoms with van der Waals surface area (Å²) >= 11 is 2.03. The fraction of sp³-hybridized carbons (Fsp3) is 0.267. The van der Waals surface area contributed by atoms with Crippen molar-refractivity contribution in [1.82, 2.24) is 15.1 Å². The Labute approximate surface area is 147 Å². The quantitative estimate of drug-likeness (QED) is 0.558. The van der Waals surface area contributed by atoms with Crippen LogP contribution in [0.5, 0.6) is 11.5 Å². The van der Waals surface area contributed by atoms with E-state index in [0.29, 0.717) is 22.8 Å². The second-order valence-electron chi connectivity index (χ2n) is 4.67. The highest BCUT2D eigenvalue weighted by molar-refractivity contribution is 14.1. The summed E-state index contributed by atoms with van der Waals surface area (Å²) in [7, 11) is 4.75. The van der Waals surface area contributed by atoms with Crippen LogP contribution >= 0.6 is 22.6 Å². The number of nitrogens with one attached hydrogen (secondary N) is 1. The molecule has 8 heteroatoms. The number of ether oxygens (including phenoxy) is 2. The van der Waals surface area contributed by atoms with Crippen molar-refractivity contribution in [2.45, 2.75) is 0 Å². The van der Waals surface area contributed by atoms with Gasteiger partial charge in [-0.25, -0.2) is 0 Å². The molecule has 0 atom stereocenters. The van der Waals surface area contributed by atoms with Crippen LogP contribution in [0.1, 0.15) is 20.8 Å². The van der Waals surface area contributed by atoms with Gasteiger partial charge in [-0.2, -0.15) is 5.10 Å². The maximum atomic E-state index is 12.2. The van der Waals surface area contributed by atoms with Crippen LogP contribution in [0, 0.1) is 3.57 Å². The van der Waals surface area contributed by atoms with Crippen LogP contribution in [0.2, 0.25) is 0 Å². The van der Waals surface area contributed by atoms with Crippen molar-refractivity contribution < 1.29 is 19.1 Å². The first-order chi connectivity index (χ1) is 11.0. The molecule has 1 N–H and O–H groups in total. The van der Waals surface area contributed by atoms with E-state index in [9.17, 15) is 9.59 Å². The third-order valence-corrected chi connectivity index (χ3v) is 3.89. The molecule has 0 unspecified atom stereocenters. The van der Waals surface area contributed by atoms with Gasteiger partial charge in [0.1, 0.15) is 5.69 Å². The van der Waals surface area contributed by atoms with Crippen LogP contribution < -0.4 is 14.8 Å². The van der Waals surface area contributed by atoms with E-state index in [1.807, 2.05) is 22.6 Å². The first kappa shape index (κ1) is 17.3. The third kappa shape index (κ3) is 4.01. The molecule has 1 aromatic heterocycles. The van der Waals surface area contributed by atoms with Gasteiger partial charge in [0.2, 0.25) is 5.78 Å². The standard InChI is InChI=1S/C15H16IN3O4/c1-19-8-10(16)14(18-19)11(20)7-17-15(21)9-4-5-12(22-2)13(6-9)23-3/h4-6,8H,7H2,1-3H3,(H,17,21). The van der Waals surface area contributed by atoms with Crippen molar-refractivity contribution in [2.24, 2.45) is 7.05 Å². The number of carbonyl (C=O) groups is 2. The Morgan fingerprint density at radius 2 is 1.96 bits per heavy atom. The lowest BCUT2D eigenvalue weighted by molar-refractivity contribution is 0.0901. The number of aryl methyl sites for hydroxylation is 1. The van der Waals surface area contributed by atoms with Gasteiger partial charge < -0.3 is 14.8 Å². The van der Waals surface area contributed by atoms with Gasteiger partial charge in [0.15, 0.2) is 11.5 Å². The average molecular weight is 429 g/mol. The topological polar surface area (TPSA) is 82.5 Å². The Bertz CT molecular complexity index is 742. The molecular formula is C15H16IN3O4. The summed E-state index contributed by atoms with van der Waals surface area (Å²) in [6.45, 7) is -0.125. The van der Waals surface area contributed by atoms with Crippen LogP contribution in [-0.4, -0.2) is 42.2 Å². The first-order valence-electron chi connectivity index (χ1n) is 6.68. The summed E-state index contributed by atoms with van der Waals surface area (Å²) in [6.07, 6.45) is 1.74. The summed E-state index contributed by atoms with van der Waals surface area (Å²) in [5.74, 6) is 0.364.